The Balaban J connectivity index is 1.56. The average molecular weight is 601 g/mol. The molecule has 0 nitrogen and oxygen atoms in total. The van der Waals surface area contributed by atoms with Gasteiger partial charge in [-0.3, -0.25) is 0 Å². The second-order valence-corrected chi connectivity index (χ2v) is 10.7. The summed E-state index contributed by atoms with van der Waals surface area (Å²) in [6.07, 6.45) is 0. The maximum absolute atomic E-state index is 9.97. The smallest absolute Gasteiger partial charge is 0.0622 e. The van der Waals surface area contributed by atoms with Crippen LogP contribution in [0.5, 0.6) is 0 Å². The van der Waals surface area contributed by atoms with Gasteiger partial charge in [0.2, 0.25) is 0 Å². The first-order valence-electron chi connectivity index (χ1n) is 23.5. The molecule has 214 valence electrons. The standard InChI is InChI=1S/C46H30/c1-2-11-31(12-3-1)38-27-28-43-44(30-38)46(40-20-10-16-34-14-6-7-17-39(34)40)42-19-9-8-18-41(42)45(43)35-24-21-33(22-25-35)37-26-23-32-13-4-5-15-36(32)29-37/h1-30H/i1D,2D,6D,7D,8D,9D,10D,11D,12D,14D,16D,17D,18D,19D,20D,27D,28D,30D. The zero-order valence-electron chi connectivity index (χ0n) is 41.9. The average Bonchev–Trinajstić information content (AvgIpc) is 3.29. The van der Waals surface area contributed by atoms with Crippen LogP contribution in [-0.4, -0.2) is 0 Å². The third-order valence-electron chi connectivity index (χ3n) is 8.12. The lowest BCUT2D eigenvalue weighted by Gasteiger charge is -2.20. The molecule has 0 bridgehead atoms. The zero-order valence-corrected chi connectivity index (χ0v) is 23.9. The number of hydrogen-bond donors (Lipinski definition) is 0. The van der Waals surface area contributed by atoms with Gasteiger partial charge in [-0.05, 0) is 99.7 Å². The molecule has 0 aliphatic rings. The minimum absolute atomic E-state index is 0.0369. The highest BCUT2D eigenvalue weighted by Gasteiger charge is 2.19. The summed E-state index contributed by atoms with van der Waals surface area (Å²) in [4.78, 5) is 0. The molecule has 0 aromatic heterocycles. The topological polar surface area (TPSA) is 0 Å². The summed E-state index contributed by atoms with van der Waals surface area (Å²) in [5, 5.41) is -0.221. The molecule has 0 amide bonds. The Hall–Kier alpha value is -5.98. The quantitative estimate of drug-likeness (QED) is 0.176. The van der Waals surface area contributed by atoms with E-state index in [-0.39, 0.29) is 32.7 Å². The first kappa shape index (κ1) is 14.0. The van der Waals surface area contributed by atoms with Crippen LogP contribution in [0.2, 0.25) is 0 Å². The molecular weight excluding hydrogens is 553 g/mol. The number of benzene rings is 9. The summed E-state index contributed by atoms with van der Waals surface area (Å²) in [5.41, 5.74) is -0.115. The number of fused-ring (bicyclic) bond motifs is 4. The molecule has 0 saturated carbocycles. The summed E-state index contributed by atoms with van der Waals surface area (Å²) in [6, 6.07) is 8.87. The molecule has 0 heteroatoms. The predicted octanol–water partition coefficient (Wildman–Crippen LogP) is 13.0. The SMILES string of the molecule is [2H]c1cc([2H])c(-c2c([2H])c([2H])c3c(-c4ccc(-c5ccc6ccccc6c5)cc4)c4c([2H])c([2H])c([2H])c([2H])c4c(-c4c([2H])c([2H])c([2H])c5c([2H])c([2H])c([2H])c([2H])c45)c3c2[2H])c([2H])c1[2H]. The second-order valence-electron chi connectivity index (χ2n) is 10.7. The lowest BCUT2D eigenvalue weighted by atomic mass is 9.83. The molecule has 9 rings (SSSR count). The molecule has 0 aliphatic carbocycles. The van der Waals surface area contributed by atoms with Crippen molar-refractivity contribution in [3.8, 4) is 44.5 Å². The van der Waals surface area contributed by atoms with E-state index >= 15 is 0 Å². The van der Waals surface area contributed by atoms with E-state index in [0.29, 0.717) is 0 Å². The molecule has 0 heterocycles. The molecule has 9 aromatic carbocycles. The van der Waals surface area contributed by atoms with Crippen LogP contribution in [0.15, 0.2) is 182 Å². The molecule has 0 spiro atoms. The van der Waals surface area contributed by atoms with Crippen LogP contribution in [0.4, 0.5) is 0 Å². The number of rotatable bonds is 4. The van der Waals surface area contributed by atoms with Gasteiger partial charge in [-0.25, -0.2) is 0 Å². The van der Waals surface area contributed by atoms with Gasteiger partial charge in [0, 0.05) is 0 Å². The van der Waals surface area contributed by atoms with Gasteiger partial charge >= 0.3 is 0 Å². The highest BCUT2D eigenvalue weighted by molar-refractivity contribution is 6.24. The van der Waals surface area contributed by atoms with Crippen molar-refractivity contribution in [1.29, 1.82) is 0 Å². The summed E-state index contributed by atoms with van der Waals surface area (Å²) in [6.45, 7) is 0. The molecule has 0 fully saturated rings. The van der Waals surface area contributed by atoms with E-state index in [0.717, 1.165) is 28.0 Å². The van der Waals surface area contributed by atoms with Crippen molar-refractivity contribution in [1.82, 2.24) is 0 Å². The molecular formula is C46H30. The van der Waals surface area contributed by atoms with E-state index in [2.05, 4.69) is 0 Å². The van der Waals surface area contributed by atoms with Gasteiger partial charge in [0.05, 0.1) is 24.7 Å². The molecule has 0 saturated heterocycles. The first-order chi connectivity index (χ1) is 30.3. The van der Waals surface area contributed by atoms with Gasteiger partial charge in [-0.2, -0.15) is 0 Å². The summed E-state index contributed by atoms with van der Waals surface area (Å²) >= 11 is 0. The third-order valence-corrected chi connectivity index (χ3v) is 8.12. The molecule has 0 radical (unpaired) electrons. The highest BCUT2D eigenvalue weighted by Crippen LogP contribution is 2.46. The Kier molecular flexibility index (Phi) is 3.30. The summed E-state index contributed by atoms with van der Waals surface area (Å²) in [7, 11) is 0. The van der Waals surface area contributed by atoms with E-state index < -0.39 is 142 Å². The third kappa shape index (κ3) is 4.38. The molecule has 0 aliphatic heterocycles. The van der Waals surface area contributed by atoms with E-state index in [9.17, 15) is 8.22 Å². The van der Waals surface area contributed by atoms with E-state index in [1.54, 1.807) is 24.3 Å². The van der Waals surface area contributed by atoms with Gasteiger partial charge in [-0.1, -0.05) is 169 Å². The fourth-order valence-electron chi connectivity index (χ4n) is 5.99. The van der Waals surface area contributed by atoms with Crippen LogP contribution in [0.25, 0.3) is 87.6 Å². The Morgan fingerprint density at radius 3 is 1.87 bits per heavy atom. The highest BCUT2D eigenvalue weighted by atomic mass is 14.2. The van der Waals surface area contributed by atoms with Crippen molar-refractivity contribution >= 4 is 43.1 Å². The van der Waals surface area contributed by atoms with Crippen molar-refractivity contribution in [2.75, 3.05) is 0 Å². The van der Waals surface area contributed by atoms with Crippen molar-refractivity contribution in [3.63, 3.8) is 0 Å². The van der Waals surface area contributed by atoms with Crippen LogP contribution in [0.3, 0.4) is 0 Å². The van der Waals surface area contributed by atoms with Crippen LogP contribution >= 0.6 is 0 Å². The zero-order chi connectivity index (χ0) is 46.1. The van der Waals surface area contributed by atoms with Crippen LogP contribution in [0, 0.1) is 0 Å². The van der Waals surface area contributed by atoms with Crippen molar-refractivity contribution in [3.05, 3.63) is 182 Å². The molecule has 46 heavy (non-hydrogen) atoms. The van der Waals surface area contributed by atoms with E-state index in [1.807, 2.05) is 42.5 Å². The van der Waals surface area contributed by atoms with Crippen LogP contribution in [0.1, 0.15) is 24.7 Å². The maximum atomic E-state index is 9.97. The second kappa shape index (κ2) is 10.9. The fraction of sp³-hybridized carbons (Fsp3) is 0. The minimum atomic E-state index is -0.815. The van der Waals surface area contributed by atoms with Crippen molar-refractivity contribution in [2.45, 2.75) is 0 Å². The predicted molar refractivity (Wildman–Crippen MR) is 198 cm³/mol. The van der Waals surface area contributed by atoms with Crippen molar-refractivity contribution < 1.29 is 24.7 Å². The lowest BCUT2D eigenvalue weighted by molar-refractivity contribution is 1.62. The van der Waals surface area contributed by atoms with Crippen LogP contribution in [-0.2, 0) is 0 Å². The monoisotopic (exact) mass is 600 g/mol. The van der Waals surface area contributed by atoms with Gasteiger partial charge < -0.3 is 0 Å². The fourth-order valence-corrected chi connectivity index (χ4v) is 5.99. The summed E-state index contributed by atoms with van der Waals surface area (Å²) < 4.78 is 162. The largest absolute Gasteiger partial charge is 0.0636 e. The van der Waals surface area contributed by atoms with Crippen molar-refractivity contribution in [2.24, 2.45) is 0 Å². The molecule has 0 atom stereocenters. The molecule has 0 unspecified atom stereocenters. The Bertz CT molecular complexity index is 3570. The molecule has 0 N–H and O–H groups in total. The maximum Gasteiger partial charge on any atom is 0.0636 e. The van der Waals surface area contributed by atoms with E-state index in [1.165, 1.54) is 0 Å². The summed E-state index contributed by atoms with van der Waals surface area (Å²) in [5.74, 6) is 0. The van der Waals surface area contributed by atoms with Gasteiger partial charge in [0.15, 0.2) is 0 Å². The van der Waals surface area contributed by atoms with Crippen LogP contribution < -0.4 is 0 Å². The Labute approximate surface area is 294 Å². The van der Waals surface area contributed by atoms with Gasteiger partial charge in [0.1, 0.15) is 0 Å². The van der Waals surface area contributed by atoms with Gasteiger partial charge in [0.25, 0.3) is 0 Å². The Morgan fingerprint density at radius 2 is 1.00 bits per heavy atom. The Morgan fingerprint density at radius 1 is 0.326 bits per heavy atom. The van der Waals surface area contributed by atoms with Gasteiger partial charge in [-0.15, -0.1) is 0 Å². The lowest BCUT2D eigenvalue weighted by Crippen LogP contribution is -1.92. The minimum Gasteiger partial charge on any atom is -0.0622 e. The first-order valence-corrected chi connectivity index (χ1v) is 14.5. The normalized spacial score (nSPS) is 17.0. The number of hydrogen-bond acceptors (Lipinski definition) is 0. The molecule has 9 aromatic rings. The van der Waals surface area contributed by atoms with E-state index in [4.69, 9.17) is 16.4 Å².